The van der Waals surface area contributed by atoms with Gasteiger partial charge in [0.1, 0.15) is 0 Å². The second-order valence-electron chi connectivity index (χ2n) is 6.62. The fraction of sp³-hybridized carbons (Fsp3) is 0.556. The van der Waals surface area contributed by atoms with E-state index in [9.17, 15) is 9.59 Å². The first kappa shape index (κ1) is 15.8. The maximum atomic E-state index is 12.1. The van der Waals surface area contributed by atoms with Crippen molar-refractivity contribution in [2.45, 2.75) is 44.7 Å². The number of carbonyl (C=O) groups excluding carboxylic acids is 2. The van der Waals surface area contributed by atoms with Crippen LogP contribution >= 0.6 is 0 Å². The fourth-order valence-corrected chi connectivity index (χ4v) is 3.08. The van der Waals surface area contributed by atoms with Crippen molar-refractivity contribution >= 4 is 11.9 Å². The standard InChI is InChI=1S/C18H25N3O2/c1-13(14-5-3-2-4-6-14)19-18(23)20-16-9-11-21(12-10-16)17(22)15-7-8-15/h2-6,13,15-16H,7-12H2,1H3,(H2,19,20,23)/t13-/m1/s1. The number of hydrogen-bond acceptors (Lipinski definition) is 2. The van der Waals surface area contributed by atoms with Crippen molar-refractivity contribution in [3.63, 3.8) is 0 Å². The molecule has 2 fully saturated rings. The minimum Gasteiger partial charge on any atom is -0.342 e. The second kappa shape index (κ2) is 7.02. The van der Waals surface area contributed by atoms with Crippen LogP contribution in [0.25, 0.3) is 0 Å². The maximum Gasteiger partial charge on any atom is 0.315 e. The minimum atomic E-state index is -0.131. The van der Waals surface area contributed by atoms with Gasteiger partial charge in [-0.1, -0.05) is 30.3 Å². The van der Waals surface area contributed by atoms with Crippen molar-refractivity contribution in [3.8, 4) is 0 Å². The van der Waals surface area contributed by atoms with Crippen LogP contribution in [0.2, 0.25) is 0 Å². The highest BCUT2D eigenvalue weighted by atomic mass is 16.2. The Morgan fingerprint density at radius 3 is 2.35 bits per heavy atom. The van der Waals surface area contributed by atoms with Crippen molar-refractivity contribution in [2.24, 2.45) is 5.92 Å². The molecule has 1 saturated heterocycles. The molecule has 3 amide bonds. The molecular weight excluding hydrogens is 290 g/mol. The Balaban J connectivity index is 1.41. The van der Waals surface area contributed by atoms with Crippen LogP contribution in [0.1, 0.15) is 44.2 Å². The lowest BCUT2D eigenvalue weighted by molar-refractivity contribution is -0.133. The van der Waals surface area contributed by atoms with Gasteiger partial charge in [-0.05, 0) is 38.2 Å². The van der Waals surface area contributed by atoms with Crippen LogP contribution in [0.4, 0.5) is 4.79 Å². The summed E-state index contributed by atoms with van der Waals surface area (Å²) in [5.41, 5.74) is 1.09. The van der Waals surface area contributed by atoms with Gasteiger partial charge >= 0.3 is 6.03 Å². The predicted octanol–water partition coefficient (Wildman–Crippen LogP) is 2.45. The number of nitrogens with zero attached hydrogens (tertiary/aromatic N) is 1. The molecule has 124 valence electrons. The monoisotopic (exact) mass is 315 g/mol. The van der Waals surface area contributed by atoms with Crippen LogP contribution in [-0.4, -0.2) is 36.0 Å². The van der Waals surface area contributed by atoms with Gasteiger partial charge in [-0.2, -0.15) is 0 Å². The summed E-state index contributed by atoms with van der Waals surface area (Å²) < 4.78 is 0. The van der Waals surface area contributed by atoms with Gasteiger partial charge in [0.25, 0.3) is 0 Å². The van der Waals surface area contributed by atoms with Crippen LogP contribution in [0.5, 0.6) is 0 Å². The number of carbonyl (C=O) groups is 2. The molecule has 1 aliphatic heterocycles. The number of urea groups is 1. The molecule has 1 heterocycles. The maximum absolute atomic E-state index is 12.1. The first-order chi connectivity index (χ1) is 11.1. The normalized spacial score (nSPS) is 20.0. The van der Waals surface area contributed by atoms with Crippen LogP contribution in [0.15, 0.2) is 30.3 Å². The molecule has 2 N–H and O–H groups in total. The lowest BCUT2D eigenvalue weighted by Crippen LogP contribution is -2.49. The third-order valence-electron chi connectivity index (χ3n) is 4.72. The van der Waals surface area contributed by atoms with E-state index < -0.39 is 0 Å². The second-order valence-corrected chi connectivity index (χ2v) is 6.62. The van der Waals surface area contributed by atoms with Gasteiger partial charge < -0.3 is 15.5 Å². The predicted molar refractivity (Wildman–Crippen MR) is 88.9 cm³/mol. The molecule has 0 bridgehead atoms. The zero-order chi connectivity index (χ0) is 16.2. The molecule has 0 unspecified atom stereocenters. The molecule has 1 saturated carbocycles. The van der Waals surface area contributed by atoms with Gasteiger partial charge in [0, 0.05) is 25.0 Å². The van der Waals surface area contributed by atoms with Gasteiger partial charge in [-0.3, -0.25) is 4.79 Å². The number of rotatable bonds is 4. The van der Waals surface area contributed by atoms with E-state index in [4.69, 9.17) is 0 Å². The van der Waals surface area contributed by atoms with E-state index in [0.29, 0.717) is 5.91 Å². The van der Waals surface area contributed by atoms with Crippen LogP contribution < -0.4 is 10.6 Å². The summed E-state index contributed by atoms with van der Waals surface area (Å²) in [6.07, 6.45) is 3.78. The number of hydrogen-bond donors (Lipinski definition) is 2. The highest BCUT2D eigenvalue weighted by Crippen LogP contribution is 2.31. The number of benzene rings is 1. The van der Waals surface area contributed by atoms with Gasteiger partial charge in [-0.25, -0.2) is 4.79 Å². The number of likely N-dealkylation sites (tertiary alicyclic amines) is 1. The lowest BCUT2D eigenvalue weighted by Gasteiger charge is -2.32. The number of amides is 3. The van der Waals surface area contributed by atoms with Gasteiger partial charge in [0.2, 0.25) is 5.91 Å². The van der Waals surface area contributed by atoms with E-state index in [0.717, 1.165) is 44.3 Å². The molecule has 2 aliphatic rings. The van der Waals surface area contributed by atoms with E-state index in [1.54, 1.807) is 0 Å². The summed E-state index contributed by atoms with van der Waals surface area (Å²) in [7, 11) is 0. The topological polar surface area (TPSA) is 61.4 Å². The van der Waals surface area contributed by atoms with E-state index in [1.165, 1.54) is 0 Å². The van der Waals surface area contributed by atoms with Crippen molar-refractivity contribution in [1.82, 2.24) is 15.5 Å². The Kier molecular flexibility index (Phi) is 4.84. The molecule has 5 nitrogen and oxygen atoms in total. The van der Waals surface area contributed by atoms with E-state index in [2.05, 4.69) is 10.6 Å². The average Bonchev–Trinajstić information content (AvgIpc) is 3.40. The molecule has 0 spiro atoms. The van der Waals surface area contributed by atoms with Crippen LogP contribution in [-0.2, 0) is 4.79 Å². The summed E-state index contributed by atoms with van der Waals surface area (Å²) in [4.78, 5) is 26.1. The van der Waals surface area contributed by atoms with Crippen molar-refractivity contribution in [1.29, 1.82) is 0 Å². The summed E-state index contributed by atoms with van der Waals surface area (Å²) >= 11 is 0. The average molecular weight is 315 g/mol. The van der Waals surface area contributed by atoms with Gasteiger partial charge in [0.05, 0.1) is 6.04 Å². The molecule has 1 aliphatic carbocycles. The SMILES string of the molecule is C[C@@H](NC(=O)NC1CCN(C(=O)C2CC2)CC1)c1ccccc1. The van der Waals surface area contributed by atoms with Crippen molar-refractivity contribution in [2.75, 3.05) is 13.1 Å². The third-order valence-corrected chi connectivity index (χ3v) is 4.72. The van der Waals surface area contributed by atoms with E-state index in [1.807, 2.05) is 42.2 Å². The molecule has 23 heavy (non-hydrogen) atoms. The van der Waals surface area contributed by atoms with E-state index >= 15 is 0 Å². The van der Waals surface area contributed by atoms with Gasteiger partial charge in [0.15, 0.2) is 0 Å². The molecule has 5 heteroatoms. The molecule has 1 atom stereocenters. The third kappa shape index (κ3) is 4.24. The first-order valence-corrected chi connectivity index (χ1v) is 8.54. The smallest absolute Gasteiger partial charge is 0.315 e. The summed E-state index contributed by atoms with van der Waals surface area (Å²) in [6, 6.07) is 9.92. The van der Waals surface area contributed by atoms with Crippen molar-refractivity contribution in [3.05, 3.63) is 35.9 Å². The lowest BCUT2D eigenvalue weighted by atomic mass is 10.0. The Morgan fingerprint density at radius 2 is 1.74 bits per heavy atom. The molecule has 0 aromatic heterocycles. The molecule has 1 aromatic carbocycles. The summed E-state index contributed by atoms with van der Waals surface area (Å²) in [6.45, 7) is 3.49. The largest absolute Gasteiger partial charge is 0.342 e. The van der Waals surface area contributed by atoms with Crippen molar-refractivity contribution < 1.29 is 9.59 Å². The fourth-order valence-electron chi connectivity index (χ4n) is 3.08. The van der Waals surface area contributed by atoms with Crippen LogP contribution in [0, 0.1) is 5.92 Å². The first-order valence-electron chi connectivity index (χ1n) is 8.54. The van der Waals surface area contributed by atoms with Gasteiger partial charge in [-0.15, -0.1) is 0 Å². The Hall–Kier alpha value is -2.04. The Labute approximate surface area is 137 Å². The Bertz CT molecular complexity index is 549. The molecular formula is C18H25N3O2. The van der Waals surface area contributed by atoms with Crippen LogP contribution in [0.3, 0.4) is 0 Å². The zero-order valence-electron chi connectivity index (χ0n) is 13.6. The highest BCUT2D eigenvalue weighted by Gasteiger charge is 2.35. The molecule has 0 radical (unpaired) electrons. The number of piperidine rings is 1. The van der Waals surface area contributed by atoms with E-state index in [-0.39, 0.29) is 24.0 Å². The Morgan fingerprint density at radius 1 is 1.09 bits per heavy atom. The molecule has 3 rings (SSSR count). The minimum absolute atomic E-state index is 0.0206. The zero-order valence-corrected chi connectivity index (χ0v) is 13.6. The summed E-state index contributed by atoms with van der Waals surface area (Å²) in [5.74, 6) is 0.597. The number of nitrogens with one attached hydrogen (secondary N) is 2. The highest BCUT2D eigenvalue weighted by molar-refractivity contribution is 5.81. The summed E-state index contributed by atoms with van der Waals surface area (Å²) in [5, 5.41) is 6.01. The quantitative estimate of drug-likeness (QED) is 0.896. The molecule has 1 aromatic rings.